The molecule has 0 spiro atoms. The van der Waals surface area contributed by atoms with Gasteiger partial charge in [0.05, 0.1) is 19.1 Å². The Labute approximate surface area is 198 Å². The van der Waals surface area contributed by atoms with Gasteiger partial charge in [-0.05, 0) is 50.8 Å². The van der Waals surface area contributed by atoms with E-state index in [9.17, 15) is 22.8 Å². The number of likely N-dealkylation sites (tertiary alicyclic amines) is 1. The van der Waals surface area contributed by atoms with Gasteiger partial charge in [0.25, 0.3) is 0 Å². The van der Waals surface area contributed by atoms with Crippen molar-refractivity contribution in [1.82, 2.24) is 9.80 Å². The molecule has 0 aromatic heterocycles. The molecule has 1 aliphatic heterocycles. The fraction of sp³-hybridized carbons (Fsp3) is 0.680. The van der Waals surface area contributed by atoms with Crippen LogP contribution in [-0.2, 0) is 19.1 Å². The van der Waals surface area contributed by atoms with Crippen LogP contribution in [0.1, 0.15) is 43.6 Å². The molecule has 2 unspecified atom stereocenters. The SMILES string of the molecule is COCC1(CN(C(=O)C(F)(F)F)C2CC2c2ccccc2)CCN(CC2(C(=O)OC)CC2)CC1. The van der Waals surface area contributed by atoms with Crippen molar-refractivity contribution >= 4 is 11.9 Å². The Morgan fingerprint density at radius 1 is 1.09 bits per heavy atom. The molecule has 0 bridgehead atoms. The summed E-state index contributed by atoms with van der Waals surface area (Å²) in [4.78, 5) is 27.9. The van der Waals surface area contributed by atoms with Crippen LogP contribution in [0.5, 0.6) is 0 Å². The molecule has 1 amide bonds. The van der Waals surface area contributed by atoms with Gasteiger partial charge in [0.1, 0.15) is 0 Å². The molecular weight excluding hydrogens is 449 g/mol. The summed E-state index contributed by atoms with van der Waals surface area (Å²) in [5.41, 5.74) is -0.0379. The number of esters is 1. The minimum atomic E-state index is -4.92. The van der Waals surface area contributed by atoms with Gasteiger partial charge in [-0.15, -0.1) is 0 Å². The molecule has 9 heteroatoms. The largest absolute Gasteiger partial charge is 0.471 e. The highest BCUT2D eigenvalue weighted by Crippen LogP contribution is 2.50. The Kier molecular flexibility index (Phi) is 6.97. The Morgan fingerprint density at radius 3 is 2.26 bits per heavy atom. The highest BCUT2D eigenvalue weighted by Gasteiger charge is 2.55. The predicted octanol–water partition coefficient (Wildman–Crippen LogP) is 3.62. The van der Waals surface area contributed by atoms with Crippen LogP contribution in [0.25, 0.3) is 0 Å². The van der Waals surface area contributed by atoms with Gasteiger partial charge in [-0.25, -0.2) is 0 Å². The van der Waals surface area contributed by atoms with Gasteiger partial charge < -0.3 is 19.3 Å². The molecule has 2 aliphatic carbocycles. The number of piperidine rings is 1. The van der Waals surface area contributed by atoms with Crippen LogP contribution in [0, 0.1) is 10.8 Å². The summed E-state index contributed by atoms with van der Waals surface area (Å²) in [5.74, 6) is -2.04. The second kappa shape index (κ2) is 9.49. The highest BCUT2D eigenvalue weighted by molar-refractivity contribution is 5.83. The second-order valence-corrected chi connectivity index (χ2v) is 10.2. The molecule has 1 aromatic rings. The van der Waals surface area contributed by atoms with Crippen molar-refractivity contribution in [3.8, 4) is 0 Å². The van der Waals surface area contributed by atoms with E-state index in [-0.39, 0.29) is 25.0 Å². The Balaban J connectivity index is 1.46. The summed E-state index contributed by atoms with van der Waals surface area (Å²) in [6, 6.07) is 8.94. The van der Waals surface area contributed by atoms with E-state index >= 15 is 0 Å². The fourth-order valence-electron chi connectivity index (χ4n) is 5.51. The quantitative estimate of drug-likeness (QED) is 0.504. The third-order valence-electron chi connectivity index (χ3n) is 7.76. The molecule has 188 valence electrons. The normalized spacial score (nSPS) is 25.4. The van der Waals surface area contributed by atoms with E-state index in [2.05, 4.69) is 4.90 Å². The standard InChI is InChI=1S/C25H33F3N2O4/c1-33-17-23(10-12-29(13-11-23)16-24(8-9-24)22(32)34-2)15-30(21(31)25(26,27)28)20-14-19(20)18-6-4-3-5-7-18/h3-7,19-20H,8-17H2,1-2H3. The summed E-state index contributed by atoms with van der Waals surface area (Å²) < 4.78 is 51.1. The van der Waals surface area contributed by atoms with E-state index < -0.39 is 29.0 Å². The molecule has 1 aromatic carbocycles. The molecule has 3 fully saturated rings. The molecule has 2 atom stereocenters. The van der Waals surface area contributed by atoms with E-state index in [0.29, 0.717) is 38.9 Å². The maximum atomic E-state index is 13.6. The summed E-state index contributed by atoms with van der Waals surface area (Å²) in [7, 11) is 2.94. The van der Waals surface area contributed by atoms with Crippen molar-refractivity contribution in [2.24, 2.45) is 10.8 Å². The number of hydrogen-bond donors (Lipinski definition) is 0. The molecule has 0 N–H and O–H groups in total. The molecule has 2 saturated carbocycles. The van der Waals surface area contributed by atoms with Crippen LogP contribution in [0.3, 0.4) is 0 Å². The molecule has 6 nitrogen and oxygen atoms in total. The number of ether oxygens (including phenoxy) is 2. The van der Waals surface area contributed by atoms with Crippen LogP contribution in [0.2, 0.25) is 0 Å². The third kappa shape index (κ3) is 5.25. The van der Waals surface area contributed by atoms with Crippen LogP contribution in [0.4, 0.5) is 13.2 Å². The number of rotatable bonds is 9. The van der Waals surface area contributed by atoms with E-state index in [0.717, 1.165) is 23.3 Å². The zero-order valence-electron chi connectivity index (χ0n) is 19.8. The van der Waals surface area contributed by atoms with Gasteiger partial charge in [-0.3, -0.25) is 9.59 Å². The monoisotopic (exact) mass is 482 g/mol. The number of methoxy groups -OCH3 is 2. The molecule has 1 heterocycles. The average Bonchev–Trinajstić information content (AvgIpc) is 3.74. The number of carbonyl (C=O) groups excluding carboxylic acids is 2. The van der Waals surface area contributed by atoms with Crippen molar-refractivity contribution < 1.29 is 32.2 Å². The number of benzene rings is 1. The van der Waals surface area contributed by atoms with Gasteiger partial charge in [-0.1, -0.05) is 30.3 Å². The number of hydrogen-bond acceptors (Lipinski definition) is 5. The van der Waals surface area contributed by atoms with Crippen LogP contribution in [-0.4, -0.2) is 80.9 Å². The maximum absolute atomic E-state index is 13.6. The van der Waals surface area contributed by atoms with E-state index in [1.54, 1.807) is 7.11 Å². The number of amides is 1. The minimum Gasteiger partial charge on any atom is -0.469 e. The summed E-state index contributed by atoms with van der Waals surface area (Å²) in [6.45, 7) is 2.19. The lowest BCUT2D eigenvalue weighted by molar-refractivity contribution is -0.188. The van der Waals surface area contributed by atoms with Crippen molar-refractivity contribution in [3.63, 3.8) is 0 Å². The Hall–Kier alpha value is -2.13. The first-order valence-corrected chi connectivity index (χ1v) is 11.9. The lowest BCUT2D eigenvalue weighted by atomic mass is 9.78. The first-order chi connectivity index (χ1) is 16.1. The van der Waals surface area contributed by atoms with Gasteiger partial charge in [-0.2, -0.15) is 13.2 Å². The van der Waals surface area contributed by atoms with Crippen LogP contribution >= 0.6 is 0 Å². The topological polar surface area (TPSA) is 59.1 Å². The van der Waals surface area contributed by atoms with E-state index in [4.69, 9.17) is 9.47 Å². The molecule has 0 radical (unpaired) electrons. The van der Waals surface area contributed by atoms with E-state index in [1.807, 2.05) is 30.3 Å². The minimum absolute atomic E-state index is 0.0170. The van der Waals surface area contributed by atoms with Gasteiger partial charge in [0, 0.05) is 37.6 Å². The predicted molar refractivity (Wildman–Crippen MR) is 119 cm³/mol. The van der Waals surface area contributed by atoms with Crippen molar-refractivity contribution in [3.05, 3.63) is 35.9 Å². The first-order valence-electron chi connectivity index (χ1n) is 11.9. The summed E-state index contributed by atoms with van der Waals surface area (Å²) >= 11 is 0. The van der Waals surface area contributed by atoms with Crippen LogP contribution in [0.15, 0.2) is 30.3 Å². The third-order valence-corrected chi connectivity index (χ3v) is 7.76. The van der Waals surface area contributed by atoms with Crippen molar-refractivity contribution in [1.29, 1.82) is 0 Å². The van der Waals surface area contributed by atoms with Crippen molar-refractivity contribution in [2.75, 3.05) is 47.0 Å². The van der Waals surface area contributed by atoms with Gasteiger partial charge in [0.2, 0.25) is 0 Å². The molecule has 3 aliphatic rings. The molecule has 1 saturated heterocycles. The zero-order chi connectivity index (χ0) is 24.6. The number of nitrogens with zero attached hydrogens (tertiary/aromatic N) is 2. The number of halogens is 3. The second-order valence-electron chi connectivity index (χ2n) is 10.2. The summed E-state index contributed by atoms with van der Waals surface area (Å²) in [5, 5.41) is 0. The van der Waals surface area contributed by atoms with Crippen molar-refractivity contribution in [2.45, 2.75) is 50.2 Å². The highest BCUT2D eigenvalue weighted by atomic mass is 19.4. The Bertz CT molecular complexity index is 880. The maximum Gasteiger partial charge on any atom is 0.471 e. The summed E-state index contributed by atoms with van der Waals surface area (Å²) in [6.07, 6.45) is -1.59. The fourth-order valence-corrected chi connectivity index (χ4v) is 5.51. The zero-order valence-corrected chi connectivity index (χ0v) is 19.8. The smallest absolute Gasteiger partial charge is 0.469 e. The lowest BCUT2D eigenvalue weighted by Gasteiger charge is -2.45. The first kappa shape index (κ1) is 25.0. The van der Waals surface area contributed by atoms with Gasteiger partial charge >= 0.3 is 18.1 Å². The number of alkyl halides is 3. The molecule has 34 heavy (non-hydrogen) atoms. The van der Waals surface area contributed by atoms with Crippen LogP contribution < -0.4 is 0 Å². The van der Waals surface area contributed by atoms with E-state index in [1.165, 1.54) is 7.11 Å². The number of carbonyl (C=O) groups is 2. The Morgan fingerprint density at radius 2 is 1.74 bits per heavy atom. The molecular formula is C25H33F3N2O4. The molecule has 4 rings (SSSR count). The van der Waals surface area contributed by atoms with Gasteiger partial charge in [0.15, 0.2) is 0 Å². The average molecular weight is 483 g/mol. The lowest BCUT2D eigenvalue weighted by Crippen LogP contribution is -2.53.